The summed E-state index contributed by atoms with van der Waals surface area (Å²) in [6.45, 7) is -2.28. The zero-order valence-corrected chi connectivity index (χ0v) is 17.4. The number of hydrogen-bond donors (Lipinski definition) is 1. The second-order valence-corrected chi connectivity index (χ2v) is 7.91. The molecule has 1 aromatic heterocycles. The fourth-order valence-electron chi connectivity index (χ4n) is 3.79. The molecule has 1 amide bonds. The Morgan fingerprint density at radius 1 is 0.833 bits per heavy atom. The van der Waals surface area contributed by atoms with Crippen molar-refractivity contribution in [2.45, 2.75) is 43.1 Å². The molecule has 2 aromatic rings. The highest BCUT2D eigenvalue weighted by Crippen LogP contribution is 2.51. The Balaban J connectivity index is 2.22. The first-order valence-electron chi connectivity index (χ1n) is 9.65. The van der Waals surface area contributed by atoms with Gasteiger partial charge < -0.3 is 5.73 Å². The van der Waals surface area contributed by atoms with Gasteiger partial charge in [-0.15, -0.1) is 0 Å². The van der Waals surface area contributed by atoms with Crippen LogP contribution >= 0.6 is 0 Å². The predicted octanol–water partition coefficient (Wildman–Crippen LogP) is 5.83. The van der Waals surface area contributed by atoms with E-state index in [4.69, 9.17) is 5.73 Å². The smallest absolute Gasteiger partial charge is 0.326 e. The summed E-state index contributed by atoms with van der Waals surface area (Å²) in [7, 11) is 0. The van der Waals surface area contributed by atoms with Gasteiger partial charge in [0.2, 0.25) is 5.91 Å². The minimum absolute atomic E-state index is 0.135. The highest BCUT2D eigenvalue weighted by atomic mass is 19.4. The van der Waals surface area contributed by atoms with E-state index in [2.05, 4.69) is 4.98 Å². The van der Waals surface area contributed by atoms with Gasteiger partial charge in [-0.3, -0.25) is 9.69 Å². The van der Waals surface area contributed by atoms with Gasteiger partial charge in [0.1, 0.15) is 11.2 Å². The number of carbonyl (C=O) groups excluding carboxylic acids is 1. The number of alkyl halides is 12. The van der Waals surface area contributed by atoms with Crippen LogP contribution < -0.4 is 10.6 Å². The number of nitrogens with zero attached hydrogens (tertiary/aromatic N) is 2. The fraction of sp³-hybridized carbons (Fsp3) is 0.400. The molecule has 0 bridgehead atoms. The Labute approximate surface area is 193 Å². The van der Waals surface area contributed by atoms with E-state index in [0.717, 1.165) is 12.1 Å². The van der Waals surface area contributed by atoms with Crippen molar-refractivity contribution >= 4 is 11.7 Å². The molecule has 36 heavy (non-hydrogen) atoms. The number of amides is 1. The highest BCUT2D eigenvalue weighted by Gasteiger charge is 2.63. The molecule has 2 heterocycles. The summed E-state index contributed by atoms with van der Waals surface area (Å²) in [6.07, 6.45) is -23.3. The fourth-order valence-corrected chi connectivity index (χ4v) is 3.79. The molecule has 2 N–H and O–H groups in total. The third-order valence-electron chi connectivity index (χ3n) is 5.59. The molecular formula is C20H13F12N3O. The molecule has 198 valence electrons. The molecule has 1 aliphatic heterocycles. The molecule has 1 aliphatic rings. The van der Waals surface area contributed by atoms with Gasteiger partial charge in [0, 0.05) is 19.5 Å². The number of benzene rings is 1. The van der Waals surface area contributed by atoms with Gasteiger partial charge in [-0.25, -0.2) is 4.98 Å². The van der Waals surface area contributed by atoms with E-state index in [-0.39, 0.29) is 23.1 Å². The molecule has 1 fully saturated rings. The molecule has 0 spiro atoms. The van der Waals surface area contributed by atoms with Crippen molar-refractivity contribution in [2.24, 2.45) is 5.73 Å². The molecule has 16 heteroatoms. The van der Waals surface area contributed by atoms with E-state index >= 15 is 0 Å². The van der Waals surface area contributed by atoms with E-state index in [9.17, 15) is 57.5 Å². The van der Waals surface area contributed by atoms with E-state index < -0.39 is 89.3 Å². The maximum atomic E-state index is 14.2. The van der Waals surface area contributed by atoms with Crippen molar-refractivity contribution < 1.29 is 57.5 Å². The van der Waals surface area contributed by atoms with Crippen LogP contribution in [0.5, 0.6) is 0 Å². The molecule has 1 saturated heterocycles. The van der Waals surface area contributed by atoms with Crippen LogP contribution in [0.15, 0.2) is 30.3 Å². The summed E-state index contributed by atoms with van der Waals surface area (Å²) in [5.41, 5.74) is -6.21. The molecule has 0 radical (unpaired) electrons. The lowest BCUT2D eigenvalue weighted by atomic mass is 9.77. The zero-order valence-electron chi connectivity index (χ0n) is 17.4. The van der Waals surface area contributed by atoms with Crippen LogP contribution in [-0.4, -0.2) is 23.6 Å². The van der Waals surface area contributed by atoms with Gasteiger partial charge in [0.25, 0.3) is 0 Å². The van der Waals surface area contributed by atoms with Crippen LogP contribution in [0.4, 0.5) is 58.5 Å². The average molecular weight is 539 g/mol. The van der Waals surface area contributed by atoms with E-state index in [1.54, 1.807) is 0 Å². The number of halogens is 12. The highest BCUT2D eigenvalue weighted by molar-refractivity contribution is 5.96. The first kappa shape index (κ1) is 27.5. The monoisotopic (exact) mass is 539 g/mol. The molecular weight excluding hydrogens is 526 g/mol. The number of nitrogens with two attached hydrogens (primary N) is 1. The second kappa shape index (κ2) is 8.52. The van der Waals surface area contributed by atoms with Gasteiger partial charge in [0.05, 0.1) is 11.1 Å². The number of aromatic nitrogens is 1. The van der Waals surface area contributed by atoms with Crippen molar-refractivity contribution in [3.8, 4) is 0 Å². The van der Waals surface area contributed by atoms with Crippen LogP contribution in [0.2, 0.25) is 0 Å². The van der Waals surface area contributed by atoms with Crippen LogP contribution in [-0.2, 0) is 35.3 Å². The van der Waals surface area contributed by atoms with Gasteiger partial charge in [-0.2, -0.15) is 52.7 Å². The normalized spacial score (nSPS) is 19.8. The second-order valence-electron chi connectivity index (χ2n) is 7.91. The maximum Gasteiger partial charge on any atom is 0.433 e. The summed E-state index contributed by atoms with van der Waals surface area (Å²) in [4.78, 5) is 15.8. The summed E-state index contributed by atoms with van der Waals surface area (Å²) in [5, 5.41) is 0. The lowest BCUT2D eigenvalue weighted by Gasteiger charge is -2.32. The van der Waals surface area contributed by atoms with E-state index in [1.807, 2.05) is 0 Å². The molecule has 1 unspecified atom stereocenters. The first-order chi connectivity index (χ1) is 16.2. The Bertz CT molecular complexity index is 1130. The minimum atomic E-state index is -5.59. The summed E-state index contributed by atoms with van der Waals surface area (Å²) in [5.74, 6) is -2.45. The molecule has 1 aromatic carbocycles. The number of pyridine rings is 1. The lowest BCUT2D eigenvalue weighted by molar-refractivity contribution is -0.186. The first-order valence-corrected chi connectivity index (χ1v) is 9.65. The number of rotatable bonds is 3. The Kier molecular flexibility index (Phi) is 6.52. The summed E-state index contributed by atoms with van der Waals surface area (Å²) < 4.78 is 162. The topological polar surface area (TPSA) is 59.2 Å². The summed E-state index contributed by atoms with van der Waals surface area (Å²) >= 11 is 0. The number of anilines is 1. The van der Waals surface area contributed by atoms with E-state index in [0.29, 0.717) is 0 Å². The maximum absolute atomic E-state index is 14.2. The van der Waals surface area contributed by atoms with Crippen molar-refractivity contribution in [3.05, 3.63) is 58.3 Å². The van der Waals surface area contributed by atoms with E-state index in [1.165, 1.54) is 0 Å². The Morgan fingerprint density at radius 2 is 1.36 bits per heavy atom. The largest absolute Gasteiger partial charge is 0.433 e. The zero-order chi connectivity index (χ0) is 27.5. The van der Waals surface area contributed by atoms with Crippen LogP contribution in [0.1, 0.15) is 34.4 Å². The van der Waals surface area contributed by atoms with Gasteiger partial charge in [-0.1, -0.05) is 6.07 Å². The van der Waals surface area contributed by atoms with Crippen molar-refractivity contribution in [3.63, 3.8) is 0 Å². The molecule has 3 rings (SSSR count). The molecule has 4 nitrogen and oxygen atoms in total. The van der Waals surface area contributed by atoms with Gasteiger partial charge in [0.15, 0.2) is 5.69 Å². The Morgan fingerprint density at radius 3 is 1.78 bits per heavy atom. The molecule has 1 atom stereocenters. The van der Waals surface area contributed by atoms with Crippen LogP contribution in [0, 0.1) is 0 Å². The predicted molar refractivity (Wildman–Crippen MR) is 98.3 cm³/mol. The van der Waals surface area contributed by atoms with Crippen molar-refractivity contribution in [1.29, 1.82) is 0 Å². The molecule has 0 aliphatic carbocycles. The quantitative estimate of drug-likeness (QED) is 0.500. The van der Waals surface area contributed by atoms with Crippen molar-refractivity contribution in [1.82, 2.24) is 4.98 Å². The average Bonchev–Trinajstić information content (AvgIpc) is 3.09. The number of hydrogen-bond acceptors (Lipinski definition) is 3. The van der Waals surface area contributed by atoms with Crippen LogP contribution in [0.25, 0.3) is 0 Å². The summed E-state index contributed by atoms with van der Waals surface area (Å²) in [6, 6.07) is 0.787. The SMILES string of the molecule is NCc1ccc(N2CC(c3cc(C(F)(F)F)cc(C(F)(F)F)c3)(C(F)(F)F)CC2=O)nc1C(F)(F)F. The van der Waals surface area contributed by atoms with Gasteiger partial charge in [-0.05, 0) is 35.4 Å². The molecule has 0 saturated carbocycles. The standard InChI is InChI=1S/C20H13F12N3O/c21-17(22,23)11-3-10(4-12(5-11)18(24,25)26)16(20(30,31)32)6-14(36)35(8-16)13-2-1-9(7-33)15(34-13)19(27,28)29/h1-5H,6-8,33H2. The van der Waals surface area contributed by atoms with Crippen LogP contribution in [0.3, 0.4) is 0 Å². The Hall–Kier alpha value is -3.04. The van der Waals surface area contributed by atoms with Crippen molar-refractivity contribution in [2.75, 3.05) is 11.4 Å². The van der Waals surface area contributed by atoms with Gasteiger partial charge >= 0.3 is 24.7 Å². The third kappa shape index (κ3) is 4.95. The lowest BCUT2D eigenvalue weighted by Crippen LogP contribution is -2.45. The third-order valence-corrected chi connectivity index (χ3v) is 5.59. The number of carbonyl (C=O) groups is 1. The minimum Gasteiger partial charge on any atom is -0.326 e.